The molecule has 0 aliphatic heterocycles. The molecule has 0 aromatic carbocycles. The number of pyridine rings is 1. The van der Waals surface area contributed by atoms with Gasteiger partial charge in [0, 0.05) is 45.2 Å². The molecule has 0 unspecified atom stereocenters. The van der Waals surface area contributed by atoms with E-state index in [0.29, 0.717) is 0 Å². The van der Waals surface area contributed by atoms with Gasteiger partial charge in [-0.1, -0.05) is 0 Å². The minimum absolute atomic E-state index is 0.787. The maximum absolute atomic E-state index is 4.48. The number of nitrogens with one attached hydrogen (secondary N) is 1. The van der Waals surface area contributed by atoms with Crippen LogP contribution in [0.5, 0.6) is 0 Å². The number of hydrogen-bond acceptors (Lipinski definition) is 5. The zero-order valence-electron chi connectivity index (χ0n) is 12.5. The van der Waals surface area contributed by atoms with Gasteiger partial charge in [-0.3, -0.25) is 4.68 Å². The maximum Gasteiger partial charge on any atom is 0.157 e. The van der Waals surface area contributed by atoms with Crippen LogP contribution < -0.4 is 5.32 Å². The quantitative estimate of drug-likeness (QED) is 0.700. The summed E-state index contributed by atoms with van der Waals surface area (Å²) in [6.07, 6.45) is 4.48. The average Bonchev–Trinajstić information content (AvgIpc) is 3.00. The molecule has 0 fully saturated rings. The summed E-state index contributed by atoms with van der Waals surface area (Å²) in [6, 6.07) is 2.15. The van der Waals surface area contributed by atoms with Gasteiger partial charge in [0.25, 0.3) is 0 Å². The molecule has 7 nitrogen and oxygen atoms in total. The van der Waals surface area contributed by atoms with E-state index >= 15 is 0 Å². The van der Waals surface area contributed by atoms with Crippen molar-refractivity contribution in [1.29, 1.82) is 0 Å². The second-order valence-electron chi connectivity index (χ2n) is 5.21. The highest BCUT2D eigenvalue weighted by Gasteiger charge is 2.07. The molecular formula is C14H19N7. The molecule has 3 aromatic heterocycles. The zero-order valence-corrected chi connectivity index (χ0v) is 12.5. The lowest BCUT2D eigenvalue weighted by atomic mass is 10.2. The van der Waals surface area contributed by atoms with Crippen molar-refractivity contribution in [2.75, 3.05) is 6.54 Å². The molecule has 7 heteroatoms. The molecule has 0 aliphatic carbocycles. The van der Waals surface area contributed by atoms with E-state index in [1.165, 1.54) is 0 Å². The Morgan fingerprint density at radius 3 is 2.90 bits per heavy atom. The van der Waals surface area contributed by atoms with E-state index < -0.39 is 0 Å². The Hall–Kier alpha value is -2.28. The molecule has 3 rings (SSSR count). The van der Waals surface area contributed by atoms with Gasteiger partial charge in [-0.2, -0.15) is 5.10 Å². The molecular weight excluding hydrogens is 266 g/mol. The lowest BCUT2D eigenvalue weighted by Crippen LogP contribution is -2.18. The van der Waals surface area contributed by atoms with Crippen LogP contribution >= 0.6 is 0 Å². The highest BCUT2D eigenvalue weighted by Crippen LogP contribution is 2.16. The third kappa shape index (κ3) is 2.78. The lowest BCUT2D eigenvalue weighted by Gasteiger charge is -2.05. The number of hydrogen-bond donors (Lipinski definition) is 1. The van der Waals surface area contributed by atoms with Crippen LogP contribution in [0.1, 0.15) is 17.1 Å². The van der Waals surface area contributed by atoms with Crippen LogP contribution in [0.3, 0.4) is 0 Å². The van der Waals surface area contributed by atoms with Crippen molar-refractivity contribution in [2.24, 2.45) is 14.1 Å². The first kappa shape index (κ1) is 13.7. The Kier molecular flexibility index (Phi) is 3.66. The Balaban J connectivity index is 1.60. The van der Waals surface area contributed by atoms with Crippen molar-refractivity contribution in [1.82, 2.24) is 34.8 Å². The normalized spacial score (nSPS) is 11.4. The molecule has 0 saturated heterocycles. The fraction of sp³-hybridized carbons (Fsp3) is 0.429. The van der Waals surface area contributed by atoms with E-state index in [2.05, 4.69) is 31.7 Å². The van der Waals surface area contributed by atoms with Crippen LogP contribution in [0.25, 0.3) is 11.0 Å². The first-order chi connectivity index (χ1) is 10.1. The zero-order chi connectivity index (χ0) is 14.8. The van der Waals surface area contributed by atoms with Crippen LogP contribution in [0.2, 0.25) is 0 Å². The van der Waals surface area contributed by atoms with Crippen molar-refractivity contribution >= 4 is 11.0 Å². The molecule has 0 bridgehead atoms. The molecule has 1 N–H and O–H groups in total. The lowest BCUT2D eigenvalue weighted by molar-refractivity contribution is 0.653. The Morgan fingerprint density at radius 2 is 2.14 bits per heavy atom. The molecule has 3 aromatic rings. The van der Waals surface area contributed by atoms with Crippen molar-refractivity contribution in [3.05, 3.63) is 35.7 Å². The molecule has 21 heavy (non-hydrogen) atoms. The van der Waals surface area contributed by atoms with Crippen LogP contribution in [-0.4, -0.2) is 36.1 Å². The van der Waals surface area contributed by atoms with Crippen molar-refractivity contribution < 1.29 is 0 Å². The molecule has 0 aliphatic rings. The summed E-state index contributed by atoms with van der Waals surface area (Å²) in [7, 11) is 3.87. The highest BCUT2D eigenvalue weighted by atomic mass is 15.3. The third-order valence-electron chi connectivity index (χ3n) is 3.58. The predicted molar refractivity (Wildman–Crippen MR) is 79.7 cm³/mol. The fourth-order valence-electron chi connectivity index (χ4n) is 2.41. The van der Waals surface area contributed by atoms with Gasteiger partial charge in [0.15, 0.2) is 5.65 Å². The summed E-state index contributed by atoms with van der Waals surface area (Å²) < 4.78 is 3.75. The molecule has 3 heterocycles. The van der Waals surface area contributed by atoms with E-state index in [4.69, 9.17) is 0 Å². The van der Waals surface area contributed by atoms with Gasteiger partial charge >= 0.3 is 0 Å². The predicted octanol–water partition coefficient (Wildman–Crippen LogP) is 0.738. The Morgan fingerprint density at radius 1 is 1.29 bits per heavy atom. The molecule has 0 radical (unpaired) electrons. The van der Waals surface area contributed by atoms with E-state index in [1.807, 2.05) is 36.5 Å². The van der Waals surface area contributed by atoms with E-state index in [0.717, 1.165) is 47.6 Å². The second-order valence-corrected chi connectivity index (χ2v) is 5.21. The summed E-state index contributed by atoms with van der Waals surface area (Å²) in [5.74, 6) is 0.985. The van der Waals surface area contributed by atoms with Gasteiger partial charge in [-0.25, -0.2) is 4.98 Å². The number of aryl methyl sites for hydroxylation is 3. The van der Waals surface area contributed by atoms with E-state index in [-0.39, 0.29) is 0 Å². The van der Waals surface area contributed by atoms with Gasteiger partial charge in [0.05, 0.1) is 5.69 Å². The largest absolute Gasteiger partial charge is 0.321 e. The van der Waals surface area contributed by atoms with Gasteiger partial charge in [-0.05, 0) is 18.6 Å². The van der Waals surface area contributed by atoms with Crippen LogP contribution in [-0.2, 0) is 27.1 Å². The minimum atomic E-state index is 0.787. The number of nitrogens with zero attached hydrogens (tertiary/aromatic N) is 6. The van der Waals surface area contributed by atoms with Gasteiger partial charge in [0.1, 0.15) is 12.2 Å². The monoisotopic (exact) mass is 285 g/mol. The summed E-state index contributed by atoms with van der Waals surface area (Å²) in [4.78, 5) is 4.48. The topological polar surface area (TPSA) is 73.5 Å². The highest BCUT2D eigenvalue weighted by molar-refractivity contribution is 5.78. The van der Waals surface area contributed by atoms with Crippen molar-refractivity contribution in [2.45, 2.75) is 19.9 Å². The summed E-state index contributed by atoms with van der Waals surface area (Å²) >= 11 is 0. The average molecular weight is 285 g/mol. The Labute approximate surface area is 123 Å². The summed E-state index contributed by atoms with van der Waals surface area (Å²) in [5.41, 5.74) is 3.10. The summed E-state index contributed by atoms with van der Waals surface area (Å²) in [5, 5.41) is 16.8. The van der Waals surface area contributed by atoms with Gasteiger partial charge < -0.3 is 9.88 Å². The van der Waals surface area contributed by atoms with Crippen LogP contribution in [0.15, 0.2) is 18.6 Å². The van der Waals surface area contributed by atoms with Crippen molar-refractivity contribution in [3.8, 4) is 0 Å². The maximum atomic E-state index is 4.48. The minimum Gasteiger partial charge on any atom is -0.321 e. The van der Waals surface area contributed by atoms with E-state index in [9.17, 15) is 0 Å². The fourth-order valence-corrected chi connectivity index (χ4v) is 2.41. The SMILES string of the molecule is Cc1nn(C)c2ncc(CNCCc3nncn3C)cc12. The molecule has 0 amide bonds. The first-order valence-electron chi connectivity index (χ1n) is 6.97. The molecule has 110 valence electrons. The Bertz CT molecular complexity index is 756. The number of fused-ring (bicyclic) bond motifs is 1. The molecule has 0 atom stereocenters. The smallest absolute Gasteiger partial charge is 0.157 e. The molecule has 0 spiro atoms. The van der Waals surface area contributed by atoms with Gasteiger partial charge in [-0.15, -0.1) is 10.2 Å². The number of rotatable bonds is 5. The van der Waals surface area contributed by atoms with Crippen LogP contribution in [0, 0.1) is 6.92 Å². The van der Waals surface area contributed by atoms with Crippen LogP contribution in [0.4, 0.5) is 0 Å². The summed E-state index contributed by atoms with van der Waals surface area (Å²) in [6.45, 7) is 3.65. The third-order valence-corrected chi connectivity index (χ3v) is 3.58. The standard InChI is InChI=1S/C14H19N7/c1-10-12-6-11(8-16-14(12)21(3)19-10)7-15-5-4-13-18-17-9-20(13)2/h6,8-9,15H,4-5,7H2,1-3H3. The second kappa shape index (κ2) is 5.61. The molecule has 0 saturated carbocycles. The number of aromatic nitrogens is 6. The van der Waals surface area contributed by atoms with Crippen molar-refractivity contribution in [3.63, 3.8) is 0 Å². The van der Waals surface area contributed by atoms with E-state index in [1.54, 1.807) is 6.33 Å². The first-order valence-corrected chi connectivity index (χ1v) is 6.97. The van der Waals surface area contributed by atoms with Gasteiger partial charge in [0.2, 0.25) is 0 Å².